The van der Waals surface area contributed by atoms with E-state index in [9.17, 15) is 0 Å². The number of nitrogens with two attached hydrogens (primary N) is 1. The number of fused-ring (bicyclic) bond motifs is 1. The van der Waals surface area contributed by atoms with Gasteiger partial charge in [0.2, 0.25) is 0 Å². The number of aromatic nitrogens is 1. The first-order chi connectivity index (χ1) is 9.87. The van der Waals surface area contributed by atoms with Gasteiger partial charge in [0.15, 0.2) is 0 Å². The molecule has 3 atom stereocenters. The van der Waals surface area contributed by atoms with Crippen LogP contribution in [0.2, 0.25) is 0 Å². The van der Waals surface area contributed by atoms with E-state index < -0.39 is 0 Å². The summed E-state index contributed by atoms with van der Waals surface area (Å²) in [5, 5.41) is 0. The molecule has 2 heteroatoms. The van der Waals surface area contributed by atoms with Crippen molar-refractivity contribution in [2.75, 3.05) is 0 Å². The summed E-state index contributed by atoms with van der Waals surface area (Å²) in [5.74, 6) is 0.903. The molecule has 2 aliphatic carbocycles. The molecule has 0 bridgehead atoms. The average molecular weight is 288 g/mol. The molecule has 1 fully saturated rings. The van der Waals surface area contributed by atoms with Crippen molar-refractivity contribution in [1.82, 2.24) is 4.57 Å². The smallest absolute Gasteiger partial charge is 0.0336 e. The third-order valence-electron chi connectivity index (χ3n) is 5.78. The van der Waals surface area contributed by atoms with E-state index in [2.05, 4.69) is 38.3 Å². The molecule has 1 heterocycles. The Kier molecular flexibility index (Phi) is 3.94. The molecule has 1 saturated carbocycles. The lowest BCUT2D eigenvalue weighted by Gasteiger charge is -2.36. The van der Waals surface area contributed by atoms with Gasteiger partial charge in [0.25, 0.3) is 0 Å². The Balaban J connectivity index is 1.96. The van der Waals surface area contributed by atoms with Gasteiger partial charge in [-0.1, -0.05) is 33.6 Å². The summed E-state index contributed by atoms with van der Waals surface area (Å²) in [6.45, 7) is 9.45. The number of rotatable bonds is 1. The molecular weight excluding hydrogens is 256 g/mol. The third-order valence-corrected chi connectivity index (χ3v) is 5.78. The summed E-state index contributed by atoms with van der Waals surface area (Å²) in [5.41, 5.74) is 11.2. The molecule has 3 unspecified atom stereocenters. The van der Waals surface area contributed by atoms with Gasteiger partial charge < -0.3 is 10.3 Å². The minimum absolute atomic E-state index is 0.230. The molecular formula is C19H32N2. The molecule has 0 amide bonds. The summed E-state index contributed by atoms with van der Waals surface area (Å²) in [6.07, 6.45) is 9.17. The SMILES string of the molecule is Cc1cc2c(n1C1CCCC(C)CC1)CC(C)(C)CC2N. The van der Waals surface area contributed by atoms with Crippen molar-refractivity contribution in [2.45, 2.75) is 84.7 Å². The maximum absolute atomic E-state index is 6.47. The van der Waals surface area contributed by atoms with Crippen molar-refractivity contribution in [2.24, 2.45) is 17.1 Å². The molecule has 118 valence electrons. The van der Waals surface area contributed by atoms with E-state index in [1.54, 1.807) is 5.69 Å². The largest absolute Gasteiger partial charge is 0.346 e. The van der Waals surface area contributed by atoms with Crippen LogP contribution in [0.4, 0.5) is 0 Å². The minimum atomic E-state index is 0.230. The Bertz CT molecular complexity index is 512. The van der Waals surface area contributed by atoms with Crippen LogP contribution in [-0.4, -0.2) is 4.57 Å². The maximum Gasteiger partial charge on any atom is 0.0336 e. The van der Waals surface area contributed by atoms with Gasteiger partial charge in [-0.2, -0.15) is 0 Å². The van der Waals surface area contributed by atoms with E-state index in [0.29, 0.717) is 11.5 Å². The molecule has 2 nitrogen and oxygen atoms in total. The fraction of sp³-hybridized carbons (Fsp3) is 0.789. The van der Waals surface area contributed by atoms with Crippen LogP contribution in [0.15, 0.2) is 6.07 Å². The fourth-order valence-corrected chi connectivity index (χ4v) is 4.70. The number of hydrogen-bond acceptors (Lipinski definition) is 1. The molecule has 3 rings (SSSR count). The molecule has 0 saturated heterocycles. The zero-order valence-corrected chi connectivity index (χ0v) is 14.3. The van der Waals surface area contributed by atoms with Crippen molar-refractivity contribution in [1.29, 1.82) is 0 Å². The van der Waals surface area contributed by atoms with E-state index >= 15 is 0 Å². The maximum atomic E-state index is 6.47. The molecule has 1 aromatic heterocycles. The van der Waals surface area contributed by atoms with Crippen molar-refractivity contribution in [3.63, 3.8) is 0 Å². The topological polar surface area (TPSA) is 30.9 Å². The van der Waals surface area contributed by atoms with Gasteiger partial charge >= 0.3 is 0 Å². The lowest BCUT2D eigenvalue weighted by molar-refractivity contribution is 0.268. The highest BCUT2D eigenvalue weighted by Crippen LogP contribution is 2.43. The van der Waals surface area contributed by atoms with Crippen LogP contribution in [0.25, 0.3) is 0 Å². The van der Waals surface area contributed by atoms with E-state index in [1.807, 2.05) is 0 Å². The molecule has 1 aromatic rings. The Morgan fingerprint density at radius 1 is 1.19 bits per heavy atom. The molecule has 2 aliphatic rings. The first kappa shape index (κ1) is 15.1. The highest BCUT2D eigenvalue weighted by atomic mass is 15.0. The zero-order valence-electron chi connectivity index (χ0n) is 14.3. The van der Waals surface area contributed by atoms with Crippen molar-refractivity contribution >= 4 is 0 Å². The van der Waals surface area contributed by atoms with Gasteiger partial charge in [-0.15, -0.1) is 0 Å². The summed E-state index contributed by atoms with van der Waals surface area (Å²) in [7, 11) is 0. The third kappa shape index (κ3) is 2.92. The molecule has 0 aromatic carbocycles. The monoisotopic (exact) mass is 288 g/mol. The summed E-state index contributed by atoms with van der Waals surface area (Å²) < 4.78 is 2.67. The van der Waals surface area contributed by atoms with Gasteiger partial charge in [0.05, 0.1) is 0 Å². The van der Waals surface area contributed by atoms with Gasteiger partial charge in [-0.25, -0.2) is 0 Å². The van der Waals surface area contributed by atoms with Crippen LogP contribution in [-0.2, 0) is 6.42 Å². The predicted molar refractivity (Wildman–Crippen MR) is 89.5 cm³/mol. The standard InChI is InChI=1S/C19H32N2/c1-13-6-5-7-15(9-8-13)21-14(2)10-16-17(20)11-19(3,4)12-18(16)21/h10,13,15,17H,5-9,11-12,20H2,1-4H3. The van der Waals surface area contributed by atoms with E-state index in [-0.39, 0.29) is 6.04 Å². The predicted octanol–water partition coefficient (Wildman–Crippen LogP) is 4.91. The second-order valence-electron chi connectivity index (χ2n) is 8.48. The summed E-state index contributed by atoms with van der Waals surface area (Å²) in [4.78, 5) is 0. The quantitative estimate of drug-likeness (QED) is 0.731. The first-order valence-corrected chi connectivity index (χ1v) is 8.83. The van der Waals surface area contributed by atoms with E-state index in [4.69, 9.17) is 5.73 Å². The highest BCUT2D eigenvalue weighted by molar-refractivity contribution is 5.34. The van der Waals surface area contributed by atoms with Crippen molar-refractivity contribution in [3.8, 4) is 0 Å². The summed E-state index contributed by atoms with van der Waals surface area (Å²) in [6, 6.07) is 3.32. The lowest BCUT2D eigenvalue weighted by atomic mass is 9.74. The normalized spacial score (nSPS) is 32.5. The van der Waals surface area contributed by atoms with Crippen LogP contribution < -0.4 is 5.73 Å². The molecule has 2 N–H and O–H groups in total. The molecule has 0 spiro atoms. The number of aryl methyl sites for hydroxylation is 1. The van der Waals surface area contributed by atoms with E-state index in [1.165, 1.54) is 49.8 Å². The summed E-state index contributed by atoms with van der Waals surface area (Å²) >= 11 is 0. The molecule has 21 heavy (non-hydrogen) atoms. The van der Waals surface area contributed by atoms with Gasteiger partial charge in [-0.05, 0) is 62.0 Å². The second-order valence-corrected chi connectivity index (χ2v) is 8.48. The van der Waals surface area contributed by atoms with Gasteiger partial charge in [0.1, 0.15) is 0 Å². The Morgan fingerprint density at radius 3 is 2.71 bits per heavy atom. The highest BCUT2D eigenvalue weighted by Gasteiger charge is 2.34. The first-order valence-electron chi connectivity index (χ1n) is 8.83. The Hall–Kier alpha value is -0.760. The molecule has 0 radical (unpaired) electrons. The Labute approximate surface area is 130 Å². The zero-order chi connectivity index (χ0) is 15.2. The van der Waals surface area contributed by atoms with Gasteiger partial charge in [-0.3, -0.25) is 0 Å². The van der Waals surface area contributed by atoms with Crippen LogP contribution in [0.5, 0.6) is 0 Å². The number of nitrogens with zero attached hydrogens (tertiary/aromatic N) is 1. The lowest BCUT2D eigenvalue weighted by Crippen LogP contribution is -2.31. The van der Waals surface area contributed by atoms with E-state index in [0.717, 1.165) is 12.3 Å². The van der Waals surface area contributed by atoms with Crippen molar-refractivity contribution in [3.05, 3.63) is 23.0 Å². The average Bonchev–Trinajstić information content (AvgIpc) is 2.55. The molecule has 0 aliphatic heterocycles. The van der Waals surface area contributed by atoms with Crippen LogP contribution >= 0.6 is 0 Å². The van der Waals surface area contributed by atoms with Crippen LogP contribution in [0.1, 0.15) is 88.3 Å². The minimum Gasteiger partial charge on any atom is -0.346 e. The van der Waals surface area contributed by atoms with Crippen molar-refractivity contribution < 1.29 is 0 Å². The fourth-order valence-electron chi connectivity index (χ4n) is 4.70. The Morgan fingerprint density at radius 2 is 1.95 bits per heavy atom. The van der Waals surface area contributed by atoms with Crippen LogP contribution in [0, 0.1) is 18.3 Å². The van der Waals surface area contributed by atoms with Crippen LogP contribution in [0.3, 0.4) is 0 Å². The second kappa shape index (κ2) is 5.46. The van der Waals surface area contributed by atoms with Gasteiger partial charge in [0, 0.05) is 23.5 Å². The number of hydrogen-bond donors (Lipinski definition) is 1.